The van der Waals surface area contributed by atoms with Crippen LogP contribution in [0.3, 0.4) is 0 Å². The maximum atomic E-state index is 12.7. The number of hydrogen-bond donors (Lipinski definition) is 3. The summed E-state index contributed by atoms with van der Waals surface area (Å²) in [5.41, 5.74) is 2.27. The van der Waals surface area contributed by atoms with Crippen molar-refractivity contribution in [2.45, 2.75) is 37.8 Å². The second kappa shape index (κ2) is 6.82. The zero-order valence-electron chi connectivity index (χ0n) is 14.4. The molecule has 26 heavy (non-hydrogen) atoms. The number of sulfonamides is 1. The van der Waals surface area contributed by atoms with Crippen molar-refractivity contribution in [3.8, 4) is 6.07 Å². The maximum Gasteiger partial charge on any atom is 0.265 e. The molecule has 1 unspecified atom stereocenters. The van der Waals surface area contributed by atoms with E-state index in [0.717, 1.165) is 5.56 Å². The Kier molecular flexibility index (Phi) is 4.71. The highest BCUT2D eigenvalue weighted by Crippen LogP contribution is 2.29. The molecule has 0 aliphatic heterocycles. The first-order valence-electron chi connectivity index (χ1n) is 8.06. The van der Waals surface area contributed by atoms with Crippen molar-refractivity contribution in [3.05, 3.63) is 41.9 Å². The molecule has 0 bridgehead atoms. The highest BCUT2D eigenvalue weighted by molar-refractivity contribution is 7.92. The predicted octanol–water partition coefficient (Wildman–Crippen LogP) is 2.12. The van der Waals surface area contributed by atoms with E-state index in [4.69, 9.17) is 0 Å². The van der Waals surface area contributed by atoms with Gasteiger partial charge >= 0.3 is 0 Å². The lowest BCUT2D eigenvalue weighted by atomic mass is 10.1. The molecule has 0 saturated carbocycles. The number of aliphatic hydroxyl groups excluding tert-OH is 1. The molecular weight excluding hydrogens is 354 g/mol. The van der Waals surface area contributed by atoms with E-state index < -0.39 is 16.1 Å². The first kappa shape index (κ1) is 18.0. The fourth-order valence-corrected chi connectivity index (χ4v) is 3.75. The van der Waals surface area contributed by atoms with Crippen LogP contribution in [0.15, 0.2) is 35.6 Å². The monoisotopic (exact) mass is 373 g/mol. The quantitative estimate of drug-likeness (QED) is 0.610. The first-order chi connectivity index (χ1) is 12.3. The van der Waals surface area contributed by atoms with Crippen LogP contribution in [0, 0.1) is 18.3 Å². The van der Waals surface area contributed by atoms with E-state index in [9.17, 15) is 18.8 Å². The fraction of sp³-hybridized carbons (Fsp3) is 0.294. The molecule has 136 valence electrons. The van der Waals surface area contributed by atoms with Gasteiger partial charge in [0.15, 0.2) is 0 Å². The Morgan fingerprint density at radius 2 is 2.23 bits per heavy atom. The van der Waals surface area contributed by atoms with E-state index in [1.54, 1.807) is 25.3 Å². The lowest BCUT2D eigenvalue weighted by Gasteiger charge is -2.09. The van der Waals surface area contributed by atoms with Gasteiger partial charge in [-0.2, -0.15) is 10.4 Å². The third kappa shape index (κ3) is 3.42. The van der Waals surface area contributed by atoms with Gasteiger partial charge in [-0.05, 0) is 31.9 Å². The van der Waals surface area contributed by atoms with Gasteiger partial charge in [0.25, 0.3) is 10.0 Å². The summed E-state index contributed by atoms with van der Waals surface area (Å²) in [5, 5.41) is 23.2. The molecule has 3 aromatic rings. The molecule has 9 heteroatoms. The number of aliphatic hydroxyl groups is 1. The zero-order valence-corrected chi connectivity index (χ0v) is 15.2. The van der Waals surface area contributed by atoms with Crippen molar-refractivity contribution in [1.29, 1.82) is 5.26 Å². The number of nitrogens with one attached hydrogen (secondary N) is 2. The van der Waals surface area contributed by atoms with E-state index in [-0.39, 0.29) is 4.90 Å². The number of hydrogen-bond acceptors (Lipinski definition) is 5. The Hall–Kier alpha value is -2.83. The molecule has 0 aliphatic rings. The van der Waals surface area contributed by atoms with Gasteiger partial charge < -0.3 is 10.1 Å². The molecule has 0 radical (unpaired) electrons. The lowest BCUT2D eigenvalue weighted by molar-refractivity contribution is 0.176. The predicted molar refractivity (Wildman–Crippen MR) is 97.1 cm³/mol. The van der Waals surface area contributed by atoms with Gasteiger partial charge in [0.1, 0.15) is 11.0 Å². The average molecular weight is 373 g/mol. The average Bonchev–Trinajstić information content (AvgIpc) is 3.23. The van der Waals surface area contributed by atoms with Gasteiger partial charge in [-0.15, -0.1) is 0 Å². The lowest BCUT2D eigenvalue weighted by Crippen LogP contribution is -2.13. The molecule has 8 nitrogen and oxygen atoms in total. The summed E-state index contributed by atoms with van der Waals surface area (Å²) >= 11 is 0. The summed E-state index contributed by atoms with van der Waals surface area (Å²) in [6.07, 6.45) is 4.24. The van der Waals surface area contributed by atoms with Crippen LogP contribution in [0.1, 0.15) is 24.5 Å². The summed E-state index contributed by atoms with van der Waals surface area (Å²) in [6, 6.07) is 5.52. The van der Waals surface area contributed by atoms with Crippen LogP contribution in [-0.4, -0.2) is 34.4 Å². The number of aromatic nitrogens is 3. The molecule has 0 saturated heterocycles. The molecule has 0 aliphatic carbocycles. The van der Waals surface area contributed by atoms with Crippen molar-refractivity contribution >= 4 is 26.6 Å². The Morgan fingerprint density at radius 1 is 1.46 bits per heavy atom. The molecule has 2 heterocycles. The summed E-state index contributed by atoms with van der Waals surface area (Å²) in [6.45, 7) is 3.95. The minimum absolute atomic E-state index is 0.0314. The second-order valence-electron chi connectivity index (χ2n) is 6.18. The van der Waals surface area contributed by atoms with Crippen LogP contribution in [0.25, 0.3) is 10.9 Å². The number of rotatable bonds is 6. The number of anilines is 1. The van der Waals surface area contributed by atoms with Gasteiger partial charge in [0.2, 0.25) is 0 Å². The van der Waals surface area contributed by atoms with Crippen molar-refractivity contribution < 1.29 is 13.5 Å². The maximum absolute atomic E-state index is 12.7. The second-order valence-corrected chi connectivity index (χ2v) is 7.86. The third-order valence-corrected chi connectivity index (χ3v) is 5.42. The van der Waals surface area contributed by atoms with Crippen LogP contribution in [0.2, 0.25) is 0 Å². The highest BCUT2D eigenvalue weighted by Gasteiger charge is 2.19. The Bertz CT molecular complexity index is 1090. The minimum Gasteiger partial charge on any atom is -0.393 e. The number of nitriles is 1. The number of H-pyrrole nitrogens is 1. The number of aromatic amines is 1. The number of aryl methyl sites for hydroxylation is 2. The van der Waals surface area contributed by atoms with Crippen LogP contribution in [0.5, 0.6) is 0 Å². The Balaban J connectivity index is 1.91. The molecule has 2 aromatic heterocycles. The molecule has 1 aromatic carbocycles. The van der Waals surface area contributed by atoms with Gasteiger partial charge in [-0.3, -0.25) is 9.40 Å². The van der Waals surface area contributed by atoms with E-state index in [1.165, 1.54) is 17.1 Å². The molecule has 3 rings (SSSR count). The van der Waals surface area contributed by atoms with Crippen LogP contribution < -0.4 is 4.72 Å². The van der Waals surface area contributed by atoms with E-state index in [2.05, 4.69) is 20.9 Å². The van der Waals surface area contributed by atoms with Gasteiger partial charge in [-0.1, -0.05) is 6.07 Å². The summed E-state index contributed by atoms with van der Waals surface area (Å²) in [7, 11) is -3.83. The van der Waals surface area contributed by atoms with E-state index in [1.807, 2.05) is 6.92 Å². The topological polar surface area (TPSA) is 124 Å². The molecule has 0 amide bonds. The van der Waals surface area contributed by atoms with Crippen molar-refractivity contribution in [3.63, 3.8) is 0 Å². The van der Waals surface area contributed by atoms with Crippen molar-refractivity contribution in [1.82, 2.24) is 14.8 Å². The van der Waals surface area contributed by atoms with Crippen LogP contribution >= 0.6 is 0 Å². The standard InChI is InChI=1S/C17H19N5O3S/c1-11-3-4-15(17-16(11)13(7-18)8-19-17)21-26(24,25)14-9-20-22(10-14)6-5-12(2)23/h3-4,8-10,12,19,21,23H,5-6H2,1-2H3. The molecule has 0 fully saturated rings. The Labute approximate surface area is 151 Å². The van der Waals surface area contributed by atoms with Gasteiger partial charge in [0, 0.05) is 24.3 Å². The normalized spacial score (nSPS) is 12.8. The number of nitrogens with zero attached hydrogens (tertiary/aromatic N) is 3. The van der Waals surface area contributed by atoms with E-state index in [0.29, 0.717) is 35.1 Å². The number of benzene rings is 1. The highest BCUT2D eigenvalue weighted by atomic mass is 32.2. The minimum atomic E-state index is -3.83. The third-order valence-electron chi connectivity index (χ3n) is 4.10. The molecule has 0 spiro atoms. The summed E-state index contributed by atoms with van der Waals surface area (Å²) in [5.74, 6) is 0. The van der Waals surface area contributed by atoms with Crippen LogP contribution in [-0.2, 0) is 16.6 Å². The first-order valence-corrected chi connectivity index (χ1v) is 9.54. The molecule has 1 atom stereocenters. The van der Waals surface area contributed by atoms with Gasteiger partial charge in [0.05, 0.1) is 29.1 Å². The van der Waals surface area contributed by atoms with Crippen molar-refractivity contribution in [2.75, 3.05) is 4.72 Å². The number of fused-ring (bicyclic) bond motifs is 1. The summed E-state index contributed by atoms with van der Waals surface area (Å²) < 4.78 is 29.4. The summed E-state index contributed by atoms with van der Waals surface area (Å²) in [4.78, 5) is 2.99. The van der Waals surface area contributed by atoms with Crippen molar-refractivity contribution in [2.24, 2.45) is 0 Å². The zero-order chi connectivity index (χ0) is 18.9. The van der Waals surface area contributed by atoms with Crippen LogP contribution in [0.4, 0.5) is 5.69 Å². The SMILES string of the molecule is Cc1ccc(NS(=O)(=O)c2cnn(CCC(C)O)c2)c2[nH]cc(C#N)c12. The fourth-order valence-electron chi connectivity index (χ4n) is 2.72. The van der Waals surface area contributed by atoms with Gasteiger partial charge in [-0.25, -0.2) is 8.42 Å². The Morgan fingerprint density at radius 3 is 2.92 bits per heavy atom. The molecule has 3 N–H and O–H groups in total. The van der Waals surface area contributed by atoms with E-state index >= 15 is 0 Å². The smallest absolute Gasteiger partial charge is 0.265 e. The molecular formula is C17H19N5O3S. The largest absolute Gasteiger partial charge is 0.393 e.